The van der Waals surface area contributed by atoms with Gasteiger partial charge in [0.15, 0.2) is 0 Å². The Morgan fingerprint density at radius 2 is 2.31 bits per heavy atom. The maximum Gasteiger partial charge on any atom is 0.232 e. The molecule has 2 aliphatic rings. The van der Waals surface area contributed by atoms with Crippen molar-refractivity contribution in [2.75, 3.05) is 13.7 Å². The molecular weight excluding hydrogens is 348 g/mol. The monoisotopic (exact) mass is 370 g/mol. The third kappa shape index (κ3) is 2.88. The summed E-state index contributed by atoms with van der Waals surface area (Å²) in [6, 6.07) is 9.85. The van der Waals surface area contributed by atoms with E-state index in [1.165, 1.54) is 0 Å². The maximum absolute atomic E-state index is 13.3. The number of amides is 2. The summed E-state index contributed by atoms with van der Waals surface area (Å²) in [5, 5.41) is 7.14. The predicted octanol–water partition coefficient (Wildman–Crippen LogP) is 2.71. The summed E-state index contributed by atoms with van der Waals surface area (Å²) in [6.07, 6.45) is 2.10. The first kappa shape index (κ1) is 17.1. The zero-order chi connectivity index (χ0) is 18.1. The van der Waals surface area contributed by atoms with E-state index in [4.69, 9.17) is 4.74 Å². The van der Waals surface area contributed by atoms with Crippen LogP contribution in [0.5, 0.6) is 5.75 Å². The molecule has 136 valence electrons. The maximum atomic E-state index is 13.3. The molecule has 4 rings (SSSR count). The van der Waals surface area contributed by atoms with Gasteiger partial charge in [-0.2, -0.15) is 11.3 Å². The molecular formula is C20H22N2O3S. The van der Waals surface area contributed by atoms with Gasteiger partial charge in [0, 0.05) is 25.6 Å². The van der Waals surface area contributed by atoms with E-state index in [0.717, 1.165) is 23.3 Å². The first-order valence-corrected chi connectivity index (χ1v) is 9.80. The quantitative estimate of drug-likeness (QED) is 0.880. The second-order valence-corrected chi connectivity index (χ2v) is 7.83. The van der Waals surface area contributed by atoms with Crippen LogP contribution >= 0.6 is 11.3 Å². The molecule has 5 nitrogen and oxygen atoms in total. The van der Waals surface area contributed by atoms with Crippen molar-refractivity contribution in [2.45, 2.75) is 37.3 Å². The van der Waals surface area contributed by atoms with Crippen LogP contribution in [0.2, 0.25) is 0 Å². The van der Waals surface area contributed by atoms with Crippen molar-refractivity contribution in [1.29, 1.82) is 0 Å². The van der Waals surface area contributed by atoms with Gasteiger partial charge in [-0.25, -0.2) is 0 Å². The van der Waals surface area contributed by atoms with Crippen LogP contribution in [-0.4, -0.2) is 36.4 Å². The molecule has 2 atom stereocenters. The minimum Gasteiger partial charge on any atom is -0.497 e. The van der Waals surface area contributed by atoms with Crippen molar-refractivity contribution in [2.24, 2.45) is 0 Å². The van der Waals surface area contributed by atoms with E-state index < -0.39 is 5.41 Å². The Morgan fingerprint density at radius 3 is 3.04 bits per heavy atom. The van der Waals surface area contributed by atoms with Gasteiger partial charge in [-0.15, -0.1) is 0 Å². The number of nitrogens with zero attached hydrogens (tertiary/aromatic N) is 1. The van der Waals surface area contributed by atoms with E-state index in [2.05, 4.69) is 5.32 Å². The molecule has 0 radical (unpaired) electrons. The van der Waals surface area contributed by atoms with Crippen LogP contribution in [0.15, 0.2) is 41.1 Å². The molecule has 0 spiro atoms. The van der Waals surface area contributed by atoms with Crippen LogP contribution in [-0.2, 0) is 21.5 Å². The summed E-state index contributed by atoms with van der Waals surface area (Å²) in [5.41, 5.74) is 1.30. The Bertz CT molecular complexity index is 820. The number of ether oxygens (including phenoxy) is 1. The van der Waals surface area contributed by atoms with Crippen molar-refractivity contribution in [3.63, 3.8) is 0 Å². The van der Waals surface area contributed by atoms with Gasteiger partial charge in [0.2, 0.25) is 11.8 Å². The molecule has 3 heterocycles. The highest BCUT2D eigenvalue weighted by molar-refractivity contribution is 7.07. The van der Waals surface area contributed by atoms with E-state index in [-0.39, 0.29) is 17.9 Å². The standard InChI is InChI=1S/C20H22N2O3S/c1-25-17-4-2-3-15(9-17)20(10-16-5-6-18(23)22(16)13-20)19(24)21-11-14-7-8-26-12-14/h2-4,7-9,12,16H,5-6,10-11,13H2,1H3,(H,21,24)/t16-,20-/m0/s1. The van der Waals surface area contributed by atoms with Crippen molar-refractivity contribution < 1.29 is 14.3 Å². The molecule has 2 aromatic rings. The van der Waals surface area contributed by atoms with E-state index in [0.29, 0.717) is 25.9 Å². The van der Waals surface area contributed by atoms with Crippen LogP contribution in [0.3, 0.4) is 0 Å². The normalized spacial score (nSPS) is 24.6. The number of rotatable bonds is 5. The van der Waals surface area contributed by atoms with Crippen LogP contribution in [0.1, 0.15) is 30.4 Å². The Balaban J connectivity index is 1.65. The van der Waals surface area contributed by atoms with Crippen LogP contribution in [0.4, 0.5) is 0 Å². The van der Waals surface area contributed by atoms with Crippen molar-refractivity contribution in [3.8, 4) is 5.75 Å². The van der Waals surface area contributed by atoms with E-state index in [1.807, 2.05) is 46.0 Å². The molecule has 1 N–H and O–H groups in total. The van der Waals surface area contributed by atoms with Crippen molar-refractivity contribution >= 4 is 23.2 Å². The second-order valence-electron chi connectivity index (χ2n) is 7.05. The van der Waals surface area contributed by atoms with Gasteiger partial charge >= 0.3 is 0 Å². The molecule has 0 saturated carbocycles. The number of carbonyl (C=O) groups is 2. The van der Waals surface area contributed by atoms with Crippen LogP contribution in [0, 0.1) is 0 Å². The Kier molecular flexibility index (Phi) is 4.44. The van der Waals surface area contributed by atoms with Crippen molar-refractivity contribution in [3.05, 3.63) is 52.2 Å². The number of benzene rings is 1. The van der Waals surface area contributed by atoms with Crippen molar-refractivity contribution in [1.82, 2.24) is 10.2 Å². The molecule has 0 aliphatic carbocycles. The topological polar surface area (TPSA) is 58.6 Å². The van der Waals surface area contributed by atoms with E-state index in [1.54, 1.807) is 18.4 Å². The van der Waals surface area contributed by atoms with Crippen LogP contribution < -0.4 is 10.1 Å². The number of fused-ring (bicyclic) bond motifs is 1. The molecule has 2 aliphatic heterocycles. The van der Waals surface area contributed by atoms with Gasteiger partial charge in [-0.1, -0.05) is 12.1 Å². The summed E-state index contributed by atoms with van der Waals surface area (Å²) in [5.74, 6) is 0.871. The molecule has 26 heavy (non-hydrogen) atoms. The number of nitrogens with one attached hydrogen (secondary N) is 1. The lowest BCUT2D eigenvalue weighted by Crippen LogP contribution is -2.46. The molecule has 2 fully saturated rings. The Morgan fingerprint density at radius 1 is 1.42 bits per heavy atom. The SMILES string of the molecule is COc1cccc([C@]2(C(=O)NCc3ccsc3)C[C@@H]3CCC(=O)N3C2)c1. The highest BCUT2D eigenvalue weighted by atomic mass is 32.1. The highest BCUT2D eigenvalue weighted by Crippen LogP contribution is 2.43. The summed E-state index contributed by atoms with van der Waals surface area (Å²) >= 11 is 1.62. The second kappa shape index (κ2) is 6.76. The first-order chi connectivity index (χ1) is 12.6. The number of hydrogen-bond acceptors (Lipinski definition) is 4. The van der Waals surface area contributed by atoms with Gasteiger partial charge in [-0.3, -0.25) is 9.59 Å². The zero-order valence-corrected chi connectivity index (χ0v) is 15.6. The molecule has 0 unspecified atom stereocenters. The molecule has 1 aromatic carbocycles. The third-order valence-corrected chi connectivity index (χ3v) is 6.30. The fourth-order valence-electron chi connectivity index (χ4n) is 4.15. The molecule has 2 amide bonds. The summed E-state index contributed by atoms with van der Waals surface area (Å²) in [6.45, 7) is 0.950. The largest absolute Gasteiger partial charge is 0.497 e. The van der Waals surface area contributed by atoms with Gasteiger partial charge in [0.25, 0.3) is 0 Å². The summed E-state index contributed by atoms with van der Waals surface area (Å²) in [7, 11) is 1.62. The van der Waals surface area contributed by atoms with Crippen LogP contribution in [0.25, 0.3) is 0 Å². The van der Waals surface area contributed by atoms with E-state index >= 15 is 0 Å². The fourth-order valence-corrected chi connectivity index (χ4v) is 4.82. The summed E-state index contributed by atoms with van der Waals surface area (Å²) < 4.78 is 5.36. The fraction of sp³-hybridized carbons (Fsp3) is 0.400. The lowest BCUT2D eigenvalue weighted by molar-refractivity contribution is -0.129. The van der Waals surface area contributed by atoms with Gasteiger partial charge in [0.1, 0.15) is 5.75 Å². The number of thiophene rings is 1. The zero-order valence-electron chi connectivity index (χ0n) is 14.7. The average molecular weight is 370 g/mol. The highest BCUT2D eigenvalue weighted by Gasteiger charge is 2.53. The number of methoxy groups -OCH3 is 1. The molecule has 1 aromatic heterocycles. The Labute approximate surface area is 157 Å². The summed E-state index contributed by atoms with van der Waals surface area (Å²) in [4.78, 5) is 27.4. The predicted molar refractivity (Wildman–Crippen MR) is 100 cm³/mol. The van der Waals surface area contributed by atoms with Gasteiger partial charge in [-0.05, 0) is 52.9 Å². The number of carbonyl (C=O) groups excluding carboxylic acids is 2. The average Bonchev–Trinajstić information content (AvgIpc) is 3.38. The smallest absolute Gasteiger partial charge is 0.232 e. The van der Waals surface area contributed by atoms with Gasteiger partial charge in [0.05, 0.1) is 12.5 Å². The molecule has 0 bridgehead atoms. The first-order valence-electron chi connectivity index (χ1n) is 8.86. The van der Waals surface area contributed by atoms with Gasteiger partial charge < -0.3 is 15.0 Å². The minimum absolute atomic E-state index is 0.0147. The molecule has 2 saturated heterocycles. The third-order valence-electron chi connectivity index (χ3n) is 5.57. The minimum atomic E-state index is -0.717. The molecule has 6 heteroatoms. The Hall–Kier alpha value is -2.34. The van der Waals surface area contributed by atoms with E-state index in [9.17, 15) is 9.59 Å². The lowest BCUT2D eigenvalue weighted by Gasteiger charge is -2.29. The lowest BCUT2D eigenvalue weighted by atomic mass is 9.76. The number of hydrogen-bond donors (Lipinski definition) is 1.